The highest BCUT2D eigenvalue weighted by molar-refractivity contribution is 9.10. The van der Waals surface area contributed by atoms with Gasteiger partial charge in [0.2, 0.25) is 0 Å². The molecule has 1 rings (SSSR count). The largest absolute Gasteiger partial charge is 0.493 e. The van der Waals surface area contributed by atoms with E-state index >= 15 is 0 Å². The number of benzene rings is 1. The van der Waals surface area contributed by atoms with Gasteiger partial charge in [0, 0.05) is 19.6 Å². The highest BCUT2D eigenvalue weighted by atomic mass is 79.9. The Morgan fingerprint density at radius 3 is 2.59 bits per heavy atom. The van der Waals surface area contributed by atoms with Crippen LogP contribution in [0.4, 0.5) is 0 Å². The first-order valence-corrected chi connectivity index (χ1v) is 8.22. The molecule has 0 bridgehead atoms. The predicted molar refractivity (Wildman–Crippen MR) is 98.6 cm³/mol. The molecule has 128 valence electrons. The van der Waals surface area contributed by atoms with Crippen molar-refractivity contribution in [2.45, 2.75) is 26.3 Å². The third-order valence-electron chi connectivity index (χ3n) is 3.10. The summed E-state index contributed by atoms with van der Waals surface area (Å²) in [6.07, 6.45) is 2.16. The average molecular weight is 396 g/mol. The SMILES string of the molecule is CCCCOc1c(Br)cc(CNCCN(C)C)cc1OC.Cl. The maximum atomic E-state index is 5.81. The second-order valence-corrected chi connectivity index (χ2v) is 6.15. The quantitative estimate of drug-likeness (QED) is 0.612. The molecular weight excluding hydrogens is 368 g/mol. The van der Waals surface area contributed by atoms with E-state index in [-0.39, 0.29) is 12.4 Å². The van der Waals surface area contributed by atoms with Gasteiger partial charge < -0.3 is 19.7 Å². The Balaban J connectivity index is 0.00000441. The van der Waals surface area contributed by atoms with E-state index in [9.17, 15) is 0 Å². The Labute approximate surface area is 149 Å². The lowest BCUT2D eigenvalue weighted by molar-refractivity contribution is 0.286. The van der Waals surface area contributed by atoms with Gasteiger partial charge in [0.15, 0.2) is 11.5 Å². The molecule has 0 aromatic heterocycles. The Hall–Kier alpha value is -0.490. The fourth-order valence-electron chi connectivity index (χ4n) is 1.87. The minimum Gasteiger partial charge on any atom is -0.493 e. The summed E-state index contributed by atoms with van der Waals surface area (Å²) in [7, 11) is 5.82. The maximum Gasteiger partial charge on any atom is 0.175 e. The fraction of sp³-hybridized carbons (Fsp3) is 0.625. The summed E-state index contributed by atoms with van der Waals surface area (Å²) < 4.78 is 12.2. The number of likely N-dealkylation sites (N-methyl/N-ethyl adjacent to an activating group) is 1. The Bertz CT molecular complexity index is 431. The first-order chi connectivity index (χ1) is 10.1. The molecule has 4 nitrogen and oxygen atoms in total. The Kier molecular flexibility index (Phi) is 11.7. The molecule has 0 unspecified atom stereocenters. The minimum absolute atomic E-state index is 0. The van der Waals surface area contributed by atoms with Crippen molar-refractivity contribution in [2.75, 3.05) is 40.9 Å². The molecule has 0 radical (unpaired) electrons. The first-order valence-electron chi connectivity index (χ1n) is 7.43. The molecular formula is C16H28BrClN2O2. The van der Waals surface area contributed by atoms with Crippen LogP contribution >= 0.6 is 28.3 Å². The van der Waals surface area contributed by atoms with Crippen LogP contribution in [0.2, 0.25) is 0 Å². The number of rotatable bonds is 10. The van der Waals surface area contributed by atoms with Crippen molar-refractivity contribution in [3.8, 4) is 11.5 Å². The molecule has 0 saturated carbocycles. The van der Waals surface area contributed by atoms with Crippen LogP contribution in [0.3, 0.4) is 0 Å². The zero-order valence-electron chi connectivity index (χ0n) is 13.9. The summed E-state index contributed by atoms with van der Waals surface area (Å²) in [5, 5.41) is 3.42. The number of halogens is 2. The van der Waals surface area contributed by atoms with Crippen molar-refractivity contribution in [1.82, 2.24) is 10.2 Å². The number of hydrogen-bond donors (Lipinski definition) is 1. The van der Waals surface area contributed by atoms with E-state index in [1.807, 2.05) is 6.07 Å². The predicted octanol–water partition coefficient (Wildman–Crippen LogP) is 3.71. The molecule has 0 fully saturated rings. The zero-order chi connectivity index (χ0) is 15.7. The van der Waals surface area contributed by atoms with Crippen LogP contribution in [0.5, 0.6) is 11.5 Å². The molecule has 6 heteroatoms. The second kappa shape index (κ2) is 12.0. The minimum atomic E-state index is 0. The van der Waals surface area contributed by atoms with Gasteiger partial charge in [-0.25, -0.2) is 0 Å². The van der Waals surface area contributed by atoms with Crippen molar-refractivity contribution in [3.05, 3.63) is 22.2 Å². The normalized spacial score (nSPS) is 10.5. The standard InChI is InChI=1S/C16H27BrN2O2.ClH/c1-5-6-9-21-16-14(17)10-13(11-15(16)20-4)12-18-7-8-19(2)3;/h10-11,18H,5-9,12H2,1-4H3;1H. The molecule has 0 aliphatic heterocycles. The molecule has 0 heterocycles. The van der Waals surface area contributed by atoms with Crippen LogP contribution in [0.25, 0.3) is 0 Å². The molecule has 22 heavy (non-hydrogen) atoms. The van der Waals surface area contributed by atoms with Crippen LogP contribution in [-0.4, -0.2) is 45.8 Å². The Morgan fingerprint density at radius 1 is 1.27 bits per heavy atom. The van der Waals surface area contributed by atoms with Gasteiger partial charge in [0.25, 0.3) is 0 Å². The monoisotopic (exact) mass is 394 g/mol. The van der Waals surface area contributed by atoms with Gasteiger partial charge in [-0.05, 0) is 54.1 Å². The average Bonchev–Trinajstić information content (AvgIpc) is 2.45. The number of methoxy groups -OCH3 is 1. The number of nitrogens with zero attached hydrogens (tertiary/aromatic N) is 1. The number of ether oxygens (including phenoxy) is 2. The first kappa shape index (κ1) is 21.5. The van der Waals surface area contributed by atoms with Gasteiger partial charge in [-0.15, -0.1) is 12.4 Å². The van der Waals surface area contributed by atoms with Gasteiger partial charge in [0.05, 0.1) is 18.2 Å². The van der Waals surface area contributed by atoms with Crippen LogP contribution in [0, 0.1) is 0 Å². The summed E-state index contributed by atoms with van der Waals surface area (Å²) in [5.74, 6) is 1.58. The lowest BCUT2D eigenvalue weighted by atomic mass is 10.2. The summed E-state index contributed by atoms with van der Waals surface area (Å²) >= 11 is 3.58. The third kappa shape index (κ3) is 7.68. The highest BCUT2D eigenvalue weighted by Crippen LogP contribution is 2.36. The van der Waals surface area contributed by atoms with E-state index in [1.165, 1.54) is 5.56 Å². The van der Waals surface area contributed by atoms with Crippen molar-refractivity contribution in [1.29, 1.82) is 0 Å². The fourth-order valence-corrected chi connectivity index (χ4v) is 2.47. The molecule has 1 N–H and O–H groups in total. The smallest absolute Gasteiger partial charge is 0.175 e. The molecule has 0 amide bonds. The lowest BCUT2D eigenvalue weighted by Gasteiger charge is -2.15. The van der Waals surface area contributed by atoms with Gasteiger partial charge in [-0.1, -0.05) is 13.3 Å². The summed E-state index contributed by atoms with van der Waals surface area (Å²) in [6.45, 7) is 5.67. The molecule has 0 saturated heterocycles. The zero-order valence-corrected chi connectivity index (χ0v) is 16.3. The van der Waals surface area contributed by atoms with Crippen LogP contribution in [-0.2, 0) is 6.54 Å². The van der Waals surface area contributed by atoms with Gasteiger partial charge in [0.1, 0.15) is 0 Å². The molecule has 0 atom stereocenters. The van der Waals surface area contributed by atoms with E-state index in [0.717, 1.165) is 48.4 Å². The molecule has 1 aromatic rings. The highest BCUT2D eigenvalue weighted by Gasteiger charge is 2.11. The van der Waals surface area contributed by atoms with Crippen molar-refractivity contribution in [2.24, 2.45) is 0 Å². The van der Waals surface area contributed by atoms with Crippen molar-refractivity contribution in [3.63, 3.8) is 0 Å². The molecule has 1 aromatic carbocycles. The summed E-state index contributed by atoms with van der Waals surface area (Å²) in [5.41, 5.74) is 1.18. The van der Waals surface area contributed by atoms with E-state index in [2.05, 4.69) is 53.2 Å². The number of nitrogens with one attached hydrogen (secondary N) is 1. The lowest BCUT2D eigenvalue weighted by Crippen LogP contribution is -2.26. The van der Waals surface area contributed by atoms with Crippen LogP contribution in [0.1, 0.15) is 25.3 Å². The van der Waals surface area contributed by atoms with Gasteiger partial charge in [-0.2, -0.15) is 0 Å². The number of hydrogen-bond acceptors (Lipinski definition) is 4. The molecule has 0 aliphatic rings. The topological polar surface area (TPSA) is 33.7 Å². The van der Waals surface area contributed by atoms with E-state index in [1.54, 1.807) is 7.11 Å². The third-order valence-corrected chi connectivity index (χ3v) is 3.69. The summed E-state index contributed by atoms with van der Waals surface area (Å²) in [4.78, 5) is 2.16. The molecule has 0 spiro atoms. The van der Waals surface area contributed by atoms with Gasteiger partial charge >= 0.3 is 0 Å². The number of unbranched alkanes of at least 4 members (excludes halogenated alkanes) is 1. The second-order valence-electron chi connectivity index (χ2n) is 5.29. The summed E-state index contributed by atoms with van der Waals surface area (Å²) in [6, 6.07) is 4.13. The maximum absolute atomic E-state index is 5.81. The van der Waals surface area contributed by atoms with E-state index in [0.29, 0.717) is 6.61 Å². The van der Waals surface area contributed by atoms with Crippen LogP contribution in [0.15, 0.2) is 16.6 Å². The van der Waals surface area contributed by atoms with Crippen molar-refractivity contribution >= 4 is 28.3 Å². The van der Waals surface area contributed by atoms with E-state index in [4.69, 9.17) is 9.47 Å². The van der Waals surface area contributed by atoms with E-state index < -0.39 is 0 Å². The Morgan fingerprint density at radius 2 is 2.00 bits per heavy atom. The van der Waals surface area contributed by atoms with Gasteiger partial charge in [-0.3, -0.25) is 0 Å². The van der Waals surface area contributed by atoms with Crippen molar-refractivity contribution < 1.29 is 9.47 Å². The van der Waals surface area contributed by atoms with Crippen LogP contribution < -0.4 is 14.8 Å². The molecule has 0 aliphatic carbocycles.